The summed E-state index contributed by atoms with van der Waals surface area (Å²) in [4.78, 5) is 10.8. The third-order valence-corrected chi connectivity index (χ3v) is 3.00. The van der Waals surface area contributed by atoms with E-state index in [2.05, 4.69) is 0 Å². The molecule has 0 aliphatic carbocycles. The monoisotopic (exact) mass is 310 g/mol. The molecule has 3 nitrogen and oxygen atoms in total. The third kappa shape index (κ3) is 3.78. The number of hydrogen-bond acceptors (Lipinski definition) is 3. The first kappa shape index (κ1) is 15.9. The van der Waals surface area contributed by atoms with Crippen molar-refractivity contribution in [2.75, 3.05) is 7.11 Å². The van der Waals surface area contributed by atoms with Crippen molar-refractivity contribution in [1.82, 2.24) is 0 Å². The molecular weight excluding hydrogens is 297 g/mol. The fourth-order valence-corrected chi connectivity index (χ4v) is 1.91. The molecule has 0 bridgehead atoms. The van der Waals surface area contributed by atoms with E-state index >= 15 is 0 Å². The first-order valence-electron chi connectivity index (χ1n) is 6.36. The average molecular weight is 310 g/mol. The Labute approximate surface area is 125 Å². The van der Waals surface area contributed by atoms with E-state index in [4.69, 9.17) is 9.47 Å². The minimum absolute atomic E-state index is 0.00777. The van der Waals surface area contributed by atoms with Crippen molar-refractivity contribution >= 4 is 6.29 Å². The van der Waals surface area contributed by atoms with Crippen LogP contribution in [0.25, 0.3) is 0 Å². The van der Waals surface area contributed by atoms with Crippen LogP contribution in [0, 0.1) is 0 Å². The summed E-state index contributed by atoms with van der Waals surface area (Å²) in [6.45, 7) is -0.00777. The maximum absolute atomic E-state index is 12.6. The van der Waals surface area contributed by atoms with Gasteiger partial charge in [-0.1, -0.05) is 6.07 Å². The molecule has 22 heavy (non-hydrogen) atoms. The number of alkyl halides is 3. The molecule has 0 saturated heterocycles. The van der Waals surface area contributed by atoms with Crippen molar-refractivity contribution in [1.29, 1.82) is 0 Å². The standard InChI is InChI=1S/C16H13F3O3/c1-21-15-6-5-11(9-20)7-12(15)10-22-14-4-2-3-13(8-14)16(17,18)19/h2-9H,10H2,1H3. The molecule has 2 aromatic rings. The van der Waals surface area contributed by atoms with Crippen molar-refractivity contribution in [3.05, 3.63) is 59.2 Å². The van der Waals surface area contributed by atoms with Crippen LogP contribution in [0.1, 0.15) is 21.5 Å². The molecular formula is C16H13F3O3. The molecule has 0 amide bonds. The van der Waals surface area contributed by atoms with Crippen LogP contribution in [0.15, 0.2) is 42.5 Å². The van der Waals surface area contributed by atoms with Crippen LogP contribution in [0.3, 0.4) is 0 Å². The van der Waals surface area contributed by atoms with Crippen LogP contribution in [-0.2, 0) is 12.8 Å². The van der Waals surface area contributed by atoms with Gasteiger partial charge in [-0.25, -0.2) is 0 Å². The van der Waals surface area contributed by atoms with E-state index in [9.17, 15) is 18.0 Å². The van der Waals surface area contributed by atoms with Crippen molar-refractivity contribution < 1.29 is 27.4 Å². The number of hydrogen-bond donors (Lipinski definition) is 0. The Hall–Kier alpha value is -2.50. The molecule has 0 saturated carbocycles. The second-order valence-corrected chi connectivity index (χ2v) is 4.50. The summed E-state index contributed by atoms with van der Waals surface area (Å²) in [6.07, 6.45) is -3.75. The molecule has 0 aliphatic rings. The SMILES string of the molecule is COc1ccc(C=O)cc1COc1cccc(C(F)(F)F)c1. The van der Waals surface area contributed by atoms with Gasteiger partial charge >= 0.3 is 6.18 Å². The molecule has 116 valence electrons. The van der Waals surface area contributed by atoms with Crippen molar-refractivity contribution in [2.45, 2.75) is 12.8 Å². The molecule has 0 radical (unpaired) electrons. The number of benzene rings is 2. The van der Waals surface area contributed by atoms with Gasteiger partial charge < -0.3 is 9.47 Å². The van der Waals surface area contributed by atoms with Crippen molar-refractivity contribution in [2.24, 2.45) is 0 Å². The zero-order valence-electron chi connectivity index (χ0n) is 11.7. The number of carbonyl (C=O) groups excluding carboxylic acids is 1. The molecule has 0 unspecified atom stereocenters. The number of carbonyl (C=O) groups is 1. The Bertz CT molecular complexity index is 666. The lowest BCUT2D eigenvalue weighted by Gasteiger charge is -2.12. The zero-order valence-corrected chi connectivity index (χ0v) is 11.7. The predicted molar refractivity (Wildman–Crippen MR) is 74.2 cm³/mol. The zero-order chi connectivity index (χ0) is 16.2. The Morgan fingerprint density at radius 3 is 2.55 bits per heavy atom. The summed E-state index contributed by atoms with van der Waals surface area (Å²) in [5, 5.41) is 0. The van der Waals surface area contributed by atoms with Gasteiger partial charge in [-0.3, -0.25) is 4.79 Å². The molecule has 0 heterocycles. The average Bonchev–Trinajstić information content (AvgIpc) is 2.52. The van der Waals surface area contributed by atoms with E-state index in [1.807, 2.05) is 0 Å². The molecule has 0 atom stereocenters. The van der Waals surface area contributed by atoms with Gasteiger partial charge in [0.15, 0.2) is 0 Å². The summed E-state index contributed by atoms with van der Waals surface area (Å²) in [5.74, 6) is 0.589. The maximum Gasteiger partial charge on any atom is 0.416 e. The quantitative estimate of drug-likeness (QED) is 0.780. The predicted octanol–water partition coefficient (Wildman–Crippen LogP) is 4.11. The van der Waals surface area contributed by atoms with E-state index in [0.717, 1.165) is 12.1 Å². The van der Waals surface area contributed by atoms with Gasteiger partial charge in [0.2, 0.25) is 0 Å². The van der Waals surface area contributed by atoms with Crippen LogP contribution < -0.4 is 9.47 Å². The molecule has 0 aromatic heterocycles. The van der Waals surface area contributed by atoms with Crippen molar-refractivity contribution in [3.8, 4) is 11.5 Å². The highest BCUT2D eigenvalue weighted by molar-refractivity contribution is 5.75. The molecule has 0 N–H and O–H groups in total. The normalized spacial score (nSPS) is 11.1. The summed E-state index contributed by atoms with van der Waals surface area (Å²) in [6, 6.07) is 9.37. The minimum atomic E-state index is -4.42. The first-order chi connectivity index (χ1) is 10.4. The van der Waals surface area contributed by atoms with Gasteiger partial charge in [0.1, 0.15) is 24.4 Å². The smallest absolute Gasteiger partial charge is 0.416 e. The number of ether oxygens (including phenoxy) is 2. The highest BCUT2D eigenvalue weighted by atomic mass is 19.4. The summed E-state index contributed by atoms with van der Waals surface area (Å²) >= 11 is 0. The van der Waals surface area contributed by atoms with Crippen LogP contribution in [0.4, 0.5) is 13.2 Å². The second-order valence-electron chi connectivity index (χ2n) is 4.50. The number of aldehydes is 1. The lowest BCUT2D eigenvalue weighted by molar-refractivity contribution is -0.137. The molecule has 2 rings (SSSR count). The van der Waals surface area contributed by atoms with E-state index in [1.165, 1.54) is 19.2 Å². The van der Waals surface area contributed by atoms with Crippen LogP contribution >= 0.6 is 0 Å². The summed E-state index contributed by atoms with van der Waals surface area (Å²) in [5.41, 5.74) is 0.228. The summed E-state index contributed by atoms with van der Waals surface area (Å²) in [7, 11) is 1.46. The lowest BCUT2D eigenvalue weighted by Crippen LogP contribution is -2.05. The molecule has 0 aliphatic heterocycles. The largest absolute Gasteiger partial charge is 0.496 e. The van der Waals surface area contributed by atoms with E-state index in [0.29, 0.717) is 23.2 Å². The van der Waals surface area contributed by atoms with E-state index in [1.54, 1.807) is 18.2 Å². The Kier molecular flexibility index (Phi) is 4.70. The van der Waals surface area contributed by atoms with Crippen LogP contribution in [0.2, 0.25) is 0 Å². The van der Waals surface area contributed by atoms with Crippen LogP contribution in [0.5, 0.6) is 11.5 Å². The summed E-state index contributed by atoms with van der Waals surface area (Å²) < 4.78 is 48.4. The fraction of sp³-hybridized carbons (Fsp3) is 0.188. The van der Waals surface area contributed by atoms with Gasteiger partial charge in [-0.05, 0) is 36.4 Å². The van der Waals surface area contributed by atoms with E-state index in [-0.39, 0.29) is 12.4 Å². The van der Waals surface area contributed by atoms with Gasteiger partial charge in [0.25, 0.3) is 0 Å². The fourth-order valence-electron chi connectivity index (χ4n) is 1.91. The van der Waals surface area contributed by atoms with E-state index < -0.39 is 11.7 Å². The van der Waals surface area contributed by atoms with Crippen LogP contribution in [-0.4, -0.2) is 13.4 Å². The Balaban J connectivity index is 2.18. The highest BCUT2D eigenvalue weighted by Gasteiger charge is 2.30. The number of rotatable bonds is 5. The van der Waals surface area contributed by atoms with Gasteiger partial charge in [-0.15, -0.1) is 0 Å². The van der Waals surface area contributed by atoms with Gasteiger partial charge in [0, 0.05) is 11.1 Å². The highest BCUT2D eigenvalue weighted by Crippen LogP contribution is 2.31. The molecule has 0 fully saturated rings. The third-order valence-electron chi connectivity index (χ3n) is 3.00. The number of halogens is 3. The number of methoxy groups -OCH3 is 1. The second kappa shape index (κ2) is 6.51. The molecule has 6 heteroatoms. The molecule has 0 spiro atoms. The molecule has 2 aromatic carbocycles. The first-order valence-corrected chi connectivity index (χ1v) is 6.36. The Morgan fingerprint density at radius 2 is 1.91 bits per heavy atom. The maximum atomic E-state index is 12.6. The lowest BCUT2D eigenvalue weighted by atomic mass is 10.1. The van der Waals surface area contributed by atoms with Gasteiger partial charge in [-0.2, -0.15) is 13.2 Å². The van der Waals surface area contributed by atoms with Crippen molar-refractivity contribution in [3.63, 3.8) is 0 Å². The van der Waals surface area contributed by atoms with Gasteiger partial charge in [0.05, 0.1) is 12.7 Å². The topological polar surface area (TPSA) is 35.5 Å². The Morgan fingerprint density at radius 1 is 1.14 bits per heavy atom. The minimum Gasteiger partial charge on any atom is -0.496 e.